The lowest BCUT2D eigenvalue weighted by Crippen LogP contribution is -2.31. The minimum absolute atomic E-state index is 0.0756. The molecule has 5 nitrogen and oxygen atoms in total. The van der Waals surface area contributed by atoms with Gasteiger partial charge in [0.05, 0.1) is 5.69 Å². The summed E-state index contributed by atoms with van der Waals surface area (Å²) in [4.78, 5) is 23.4. The van der Waals surface area contributed by atoms with Gasteiger partial charge >= 0.3 is 0 Å². The Hall–Kier alpha value is -2.27. The summed E-state index contributed by atoms with van der Waals surface area (Å²) >= 11 is 0. The van der Waals surface area contributed by atoms with Crippen molar-refractivity contribution in [3.8, 4) is 0 Å². The summed E-state index contributed by atoms with van der Waals surface area (Å²) in [5.41, 5.74) is 3.83. The van der Waals surface area contributed by atoms with Gasteiger partial charge in [-0.1, -0.05) is 19.1 Å². The van der Waals surface area contributed by atoms with Crippen molar-refractivity contribution in [3.63, 3.8) is 0 Å². The van der Waals surface area contributed by atoms with E-state index in [2.05, 4.69) is 39.2 Å². The maximum absolute atomic E-state index is 12.3. The number of rotatable bonds is 6. The molecule has 0 aromatic carbocycles. The summed E-state index contributed by atoms with van der Waals surface area (Å²) in [6.07, 6.45) is 5.76. The van der Waals surface area contributed by atoms with Crippen molar-refractivity contribution in [3.05, 3.63) is 59.2 Å². The van der Waals surface area contributed by atoms with Gasteiger partial charge in [-0.05, 0) is 55.5 Å². The largest absolute Gasteiger partial charge is 0.350 e. The van der Waals surface area contributed by atoms with E-state index < -0.39 is 0 Å². The molecule has 0 radical (unpaired) electrons. The van der Waals surface area contributed by atoms with Crippen LogP contribution in [0.1, 0.15) is 40.7 Å². The van der Waals surface area contributed by atoms with Crippen molar-refractivity contribution in [2.24, 2.45) is 5.92 Å². The predicted octanol–water partition coefficient (Wildman–Crippen LogP) is 2.60. The Labute approximate surface area is 149 Å². The van der Waals surface area contributed by atoms with Crippen molar-refractivity contribution < 1.29 is 4.79 Å². The van der Waals surface area contributed by atoms with E-state index in [0.29, 0.717) is 18.2 Å². The summed E-state index contributed by atoms with van der Waals surface area (Å²) in [5.74, 6) is 0.413. The van der Waals surface area contributed by atoms with Crippen LogP contribution in [0.4, 0.5) is 0 Å². The normalized spacial score (nSPS) is 17.6. The van der Waals surface area contributed by atoms with Gasteiger partial charge in [0.15, 0.2) is 0 Å². The number of aromatic nitrogens is 2. The molecule has 2 aromatic rings. The van der Waals surface area contributed by atoms with Crippen LogP contribution in [0.2, 0.25) is 0 Å². The van der Waals surface area contributed by atoms with E-state index in [0.717, 1.165) is 43.7 Å². The van der Waals surface area contributed by atoms with Gasteiger partial charge in [0.1, 0.15) is 5.69 Å². The van der Waals surface area contributed by atoms with Gasteiger partial charge in [-0.2, -0.15) is 0 Å². The molecule has 1 aliphatic heterocycles. The van der Waals surface area contributed by atoms with E-state index in [4.69, 9.17) is 0 Å². The summed E-state index contributed by atoms with van der Waals surface area (Å²) in [7, 11) is 0. The lowest BCUT2D eigenvalue weighted by molar-refractivity contribution is 0.0941. The lowest BCUT2D eigenvalue weighted by atomic mass is 10.1. The lowest BCUT2D eigenvalue weighted by Gasteiger charge is -2.16. The highest BCUT2D eigenvalue weighted by atomic mass is 16.1. The van der Waals surface area contributed by atoms with Gasteiger partial charge in [-0.25, -0.2) is 0 Å². The van der Waals surface area contributed by atoms with Crippen molar-refractivity contribution in [2.45, 2.75) is 33.2 Å². The fourth-order valence-electron chi connectivity index (χ4n) is 3.25. The first-order valence-electron chi connectivity index (χ1n) is 9.01. The smallest absolute Gasteiger partial charge is 0.270 e. The quantitative estimate of drug-likeness (QED) is 0.879. The number of amides is 1. The Morgan fingerprint density at radius 2 is 2.20 bits per heavy atom. The fourth-order valence-corrected chi connectivity index (χ4v) is 3.25. The Bertz CT molecular complexity index is 714. The van der Waals surface area contributed by atoms with Crippen LogP contribution in [0, 0.1) is 12.8 Å². The molecule has 0 aliphatic carbocycles. The number of nitrogens with one attached hydrogen (secondary N) is 1. The average molecular weight is 338 g/mol. The molecule has 1 N–H and O–H groups in total. The maximum Gasteiger partial charge on any atom is 0.270 e. The first kappa shape index (κ1) is 17.5. The van der Waals surface area contributed by atoms with Gasteiger partial charge in [0.25, 0.3) is 5.91 Å². The number of pyridine rings is 2. The Kier molecular flexibility index (Phi) is 5.76. The van der Waals surface area contributed by atoms with Crippen LogP contribution in [-0.2, 0) is 13.0 Å². The molecule has 2 aromatic heterocycles. The van der Waals surface area contributed by atoms with E-state index in [9.17, 15) is 4.79 Å². The monoisotopic (exact) mass is 338 g/mol. The molecule has 1 saturated heterocycles. The number of aryl methyl sites for hydroxylation is 2. The molecule has 0 spiro atoms. The van der Waals surface area contributed by atoms with Gasteiger partial charge in [-0.15, -0.1) is 0 Å². The first-order valence-corrected chi connectivity index (χ1v) is 9.01. The molecule has 1 amide bonds. The molecule has 1 fully saturated rings. The van der Waals surface area contributed by atoms with Crippen LogP contribution in [0.15, 0.2) is 36.7 Å². The second-order valence-corrected chi connectivity index (χ2v) is 6.78. The molecule has 1 atom stereocenters. The third kappa shape index (κ3) is 4.63. The van der Waals surface area contributed by atoms with E-state index in [-0.39, 0.29) is 5.91 Å². The van der Waals surface area contributed by atoms with Gasteiger partial charge in [-0.3, -0.25) is 19.7 Å². The number of hydrogen-bond acceptors (Lipinski definition) is 4. The SMILES string of the molecule is CCc1ccc(CN2CC[C@H](CNC(=O)c3ncccc3C)C2)nc1. The van der Waals surface area contributed by atoms with Crippen molar-refractivity contribution in [2.75, 3.05) is 19.6 Å². The van der Waals surface area contributed by atoms with E-state index in [1.165, 1.54) is 5.56 Å². The van der Waals surface area contributed by atoms with Crippen LogP contribution in [-0.4, -0.2) is 40.4 Å². The third-order valence-corrected chi connectivity index (χ3v) is 4.83. The van der Waals surface area contributed by atoms with Gasteiger partial charge in [0.2, 0.25) is 0 Å². The number of carbonyl (C=O) groups excluding carboxylic acids is 1. The van der Waals surface area contributed by atoms with E-state index in [1.807, 2.05) is 25.3 Å². The molecule has 1 aliphatic rings. The molecule has 0 saturated carbocycles. The summed E-state index contributed by atoms with van der Waals surface area (Å²) in [5, 5.41) is 3.04. The van der Waals surface area contributed by atoms with Crippen LogP contribution < -0.4 is 5.32 Å². The van der Waals surface area contributed by atoms with Crippen molar-refractivity contribution >= 4 is 5.91 Å². The minimum atomic E-state index is -0.0756. The van der Waals surface area contributed by atoms with Crippen LogP contribution in [0.5, 0.6) is 0 Å². The molecular weight excluding hydrogens is 312 g/mol. The number of carbonyl (C=O) groups is 1. The zero-order chi connectivity index (χ0) is 17.6. The van der Waals surface area contributed by atoms with Gasteiger partial charge < -0.3 is 5.32 Å². The molecule has 5 heteroatoms. The number of nitrogens with zero attached hydrogens (tertiary/aromatic N) is 3. The molecule has 0 unspecified atom stereocenters. The zero-order valence-electron chi connectivity index (χ0n) is 15.0. The van der Waals surface area contributed by atoms with E-state index >= 15 is 0 Å². The van der Waals surface area contributed by atoms with E-state index in [1.54, 1.807) is 6.20 Å². The average Bonchev–Trinajstić information content (AvgIpc) is 3.08. The standard InChI is InChI=1S/C20H26N4O/c1-3-16-6-7-18(22-11-16)14-24-10-8-17(13-24)12-23-20(25)19-15(2)5-4-9-21-19/h4-7,9,11,17H,3,8,10,12-14H2,1-2H3,(H,23,25)/t17-/m1/s1. The van der Waals surface area contributed by atoms with Crippen LogP contribution in [0.3, 0.4) is 0 Å². The second-order valence-electron chi connectivity index (χ2n) is 6.78. The topological polar surface area (TPSA) is 58.1 Å². The molecular formula is C20H26N4O. The maximum atomic E-state index is 12.3. The Morgan fingerprint density at radius 3 is 2.92 bits per heavy atom. The molecule has 3 rings (SSSR count). The van der Waals surface area contributed by atoms with Gasteiger partial charge in [0, 0.05) is 32.0 Å². The minimum Gasteiger partial charge on any atom is -0.350 e. The first-order chi connectivity index (χ1) is 12.2. The zero-order valence-corrected chi connectivity index (χ0v) is 15.0. The predicted molar refractivity (Wildman–Crippen MR) is 98.3 cm³/mol. The third-order valence-electron chi connectivity index (χ3n) is 4.83. The highest BCUT2D eigenvalue weighted by molar-refractivity contribution is 5.93. The van der Waals surface area contributed by atoms with Crippen LogP contribution in [0.25, 0.3) is 0 Å². The molecule has 25 heavy (non-hydrogen) atoms. The summed E-state index contributed by atoms with van der Waals surface area (Å²) in [6, 6.07) is 8.04. The number of hydrogen-bond donors (Lipinski definition) is 1. The second kappa shape index (κ2) is 8.21. The Morgan fingerprint density at radius 1 is 1.32 bits per heavy atom. The Balaban J connectivity index is 1.46. The van der Waals surface area contributed by atoms with Crippen molar-refractivity contribution in [1.82, 2.24) is 20.2 Å². The van der Waals surface area contributed by atoms with Crippen LogP contribution >= 0.6 is 0 Å². The fraction of sp³-hybridized carbons (Fsp3) is 0.450. The molecule has 3 heterocycles. The highest BCUT2D eigenvalue weighted by Crippen LogP contribution is 2.18. The molecule has 132 valence electrons. The number of likely N-dealkylation sites (tertiary alicyclic amines) is 1. The summed E-state index contributed by atoms with van der Waals surface area (Å²) < 4.78 is 0. The van der Waals surface area contributed by atoms with Crippen molar-refractivity contribution in [1.29, 1.82) is 0 Å². The molecule has 0 bridgehead atoms. The summed E-state index contributed by atoms with van der Waals surface area (Å²) in [6.45, 7) is 7.69. The highest BCUT2D eigenvalue weighted by Gasteiger charge is 2.23.